The third kappa shape index (κ3) is 30.0. The molecule has 0 atom stereocenters. The van der Waals surface area contributed by atoms with Crippen LogP contribution in [0, 0.1) is 11.3 Å². The summed E-state index contributed by atoms with van der Waals surface area (Å²) in [6, 6.07) is 0. The number of hydrogen-bond donors (Lipinski definition) is 4. The summed E-state index contributed by atoms with van der Waals surface area (Å²) in [6.07, 6.45) is 0. The molecule has 0 radical (unpaired) electrons. The van der Waals surface area contributed by atoms with Crippen molar-refractivity contribution in [3.05, 3.63) is 11.6 Å². The number of rotatable bonds is 5. The van der Waals surface area contributed by atoms with E-state index >= 15 is 0 Å². The van der Waals surface area contributed by atoms with Gasteiger partial charge in [-0.3, -0.25) is 23.5 Å². The lowest BCUT2D eigenvalue weighted by molar-refractivity contribution is -0.138. The Labute approximate surface area is 352 Å². The van der Waals surface area contributed by atoms with Crippen LogP contribution in [0.4, 0.5) is 0 Å². The van der Waals surface area contributed by atoms with Crippen molar-refractivity contribution in [1.29, 1.82) is 0 Å². The van der Waals surface area contributed by atoms with Crippen molar-refractivity contribution in [2.45, 2.75) is 180 Å². The lowest BCUT2D eigenvalue weighted by atomic mass is 9.92. The second kappa shape index (κ2) is 25.8. The predicted molar refractivity (Wildman–Crippen MR) is 230 cm³/mol. The number of aliphatic imine (C=N–C) groups is 1. The molecule has 0 spiro atoms. The van der Waals surface area contributed by atoms with Gasteiger partial charge in [-0.2, -0.15) is 18.3 Å². The van der Waals surface area contributed by atoms with Crippen LogP contribution < -0.4 is 0 Å². The maximum absolute atomic E-state index is 10.9. The van der Waals surface area contributed by atoms with Crippen molar-refractivity contribution in [1.82, 2.24) is 40.4 Å². The number of carbonyl (C=O) groups excluding carboxylic acids is 2. The van der Waals surface area contributed by atoms with Crippen LogP contribution in [-0.4, -0.2) is 108 Å². The Hall–Kier alpha value is -3.72. The number of aromatic nitrogens is 8. The first-order chi connectivity index (χ1) is 25.1. The van der Waals surface area contributed by atoms with Crippen LogP contribution in [0.5, 0.6) is 0 Å². The van der Waals surface area contributed by atoms with Crippen LogP contribution in [0.1, 0.15) is 158 Å². The highest BCUT2D eigenvalue weighted by Gasteiger charge is 2.32. The minimum absolute atomic E-state index is 0. The normalized spacial score (nSPS) is 12.7. The van der Waals surface area contributed by atoms with Gasteiger partial charge < -0.3 is 14.9 Å². The second-order valence-corrected chi connectivity index (χ2v) is 22.7. The van der Waals surface area contributed by atoms with Crippen molar-refractivity contribution in [2.75, 3.05) is 6.67 Å². The molecule has 2 aromatic rings. The van der Waals surface area contributed by atoms with E-state index in [2.05, 4.69) is 60.0 Å². The van der Waals surface area contributed by atoms with E-state index in [0.717, 1.165) is 16.5 Å². The van der Waals surface area contributed by atoms with Gasteiger partial charge in [-0.25, -0.2) is 9.67 Å². The second-order valence-electron chi connectivity index (χ2n) is 18.1. The number of Topliss-reactive ketones (excluding diaryl/α,β-unsaturated/α-hetero) is 2. The zero-order valence-corrected chi connectivity index (χ0v) is 38.9. The molecular weight excluding hydrogens is 810 g/mol. The number of carboxylic acid groups (broad SMARTS) is 1. The molecule has 0 aromatic carbocycles. The van der Waals surface area contributed by atoms with E-state index in [1.807, 2.05) is 62.3 Å². The number of amidine groups is 1. The SMILES string of the molecule is C.C.CC(=O)C(C)(C)C.CC(=O)Cn1nnnc1C(C)(C)C.CC(C)(C)P(=O)(O)O.CC(C)(C)S(=O)(=O)O.CC(C)(C)c1nnn(CC(=O)O)n1.CC(C)C1=NCN=N1. The van der Waals surface area contributed by atoms with Gasteiger partial charge in [0.05, 0.1) is 9.90 Å². The van der Waals surface area contributed by atoms with Crippen LogP contribution in [0.25, 0.3) is 0 Å². The lowest BCUT2D eigenvalue weighted by Crippen LogP contribution is -2.26. The Bertz CT molecular complexity index is 1780. The van der Waals surface area contributed by atoms with E-state index in [0.29, 0.717) is 18.4 Å². The van der Waals surface area contributed by atoms with Crippen molar-refractivity contribution >= 4 is 41.1 Å². The number of carboxylic acids is 1. The van der Waals surface area contributed by atoms with Gasteiger partial charge >= 0.3 is 13.6 Å². The number of nitrogens with zero attached hydrogens (tertiary/aromatic N) is 11. The molecule has 0 bridgehead atoms. The smallest absolute Gasteiger partial charge is 0.330 e. The van der Waals surface area contributed by atoms with E-state index in [9.17, 15) is 27.4 Å². The zero-order valence-electron chi connectivity index (χ0n) is 37.2. The van der Waals surface area contributed by atoms with Gasteiger partial charge in [0.15, 0.2) is 30.6 Å². The van der Waals surface area contributed by atoms with E-state index < -0.39 is 33.6 Å². The third-order valence-corrected chi connectivity index (χ3v) is 9.96. The molecule has 2 aromatic heterocycles. The van der Waals surface area contributed by atoms with Crippen LogP contribution in [0.3, 0.4) is 0 Å². The molecule has 0 saturated carbocycles. The molecule has 3 rings (SSSR count). The summed E-state index contributed by atoms with van der Waals surface area (Å²) >= 11 is 0. The molecule has 59 heavy (non-hydrogen) atoms. The maximum atomic E-state index is 10.9. The topological polar surface area (TPSA) is 308 Å². The fourth-order valence-electron chi connectivity index (χ4n) is 2.33. The molecule has 0 unspecified atom stereocenters. The van der Waals surface area contributed by atoms with Gasteiger partial charge in [-0.1, -0.05) is 91.0 Å². The van der Waals surface area contributed by atoms with Crippen molar-refractivity contribution in [3.8, 4) is 0 Å². The summed E-state index contributed by atoms with van der Waals surface area (Å²) in [4.78, 5) is 53.7. The number of carbonyl (C=O) groups is 3. The Morgan fingerprint density at radius 3 is 1.44 bits per heavy atom. The largest absolute Gasteiger partial charge is 0.480 e. The summed E-state index contributed by atoms with van der Waals surface area (Å²) in [5, 5.41) is 37.6. The molecule has 346 valence electrons. The van der Waals surface area contributed by atoms with E-state index in [4.69, 9.17) is 19.4 Å². The third-order valence-electron chi connectivity index (χ3n) is 6.66. The van der Waals surface area contributed by atoms with Crippen LogP contribution in [0.15, 0.2) is 15.2 Å². The monoisotopic (exact) mass is 886 g/mol. The molecule has 4 N–H and O–H groups in total. The molecule has 1 aliphatic rings. The first-order valence-electron chi connectivity index (χ1n) is 17.8. The van der Waals surface area contributed by atoms with Crippen molar-refractivity contribution < 1.29 is 46.8 Å². The Morgan fingerprint density at radius 1 is 0.797 bits per heavy atom. The summed E-state index contributed by atoms with van der Waals surface area (Å²) in [6.45, 7) is 34.2. The Balaban J connectivity index is -0.000000200. The molecule has 0 saturated heterocycles. The molecule has 3 heterocycles. The minimum atomic E-state index is -3.85. The number of aliphatic carboxylic acids is 1. The average molecular weight is 886 g/mol. The fourth-order valence-corrected chi connectivity index (χ4v) is 2.33. The molecule has 0 aliphatic carbocycles. The summed E-state index contributed by atoms with van der Waals surface area (Å²) in [5.74, 6) is 1.92. The van der Waals surface area contributed by atoms with Gasteiger partial charge in [0, 0.05) is 22.2 Å². The van der Waals surface area contributed by atoms with Crippen LogP contribution in [0.2, 0.25) is 0 Å². The van der Waals surface area contributed by atoms with E-state index in [1.165, 1.54) is 48.5 Å². The van der Waals surface area contributed by atoms with E-state index in [-0.39, 0.29) is 55.8 Å². The zero-order chi connectivity index (χ0) is 46.2. The fraction of sp³-hybridized carbons (Fsp3) is 0.833. The number of tetrazole rings is 2. The Kier molecular flexibility index (Phi) is 28.2. The first kappa shape index (κ1) is 64.4. The summed E-state index contributed by atoms with van der Waals surface area (Å²) in [7, 11) is -7.69. The highest BCUT2D eigenvalue weighted by molar-refractivity contribution is 7.87. The quantitative estimate of drug-likeness (QED) is 0.181. The van der Waals surface area contributed by atoms with Gasteiger partial charge in [0.1, 0.15) is 18.2 Å². The Morgan fingerprint density at radius 2 is 1.22 bits per heavy atom. The van der Waals surface area contributed by atoms with Crippen molar-refractivity contribution in [2.24, 2.45) is 26.6 Å². The van der Waals surface area contributed by atoms with Gasteiger partial charge in [-0.05, 0) is 71.0 Å². The standard InChI is InChI=1S/C8H14N4O.C7H12N4O2.C6H12O.C5H9N3.C4H11O3P.C4H10O3S.2CH4/c1-6(13)5-12-7(8(2,3)4)9-10-11-12;1-7(2,3)6-8-10-11(9-6)4-5(12)13;1-5(7)6(2,3)4;1-4(2)5-6-3-7-8-5;2*1-4(2,3)8(5,6)7;;/h5H2,1-4H3;4H2,1-3H3,(H,12,13);1-4H3;4H,3H2,1-2H3;1-3H3,(H2,5,6,7);1-3H3,(H,5,6,7);2*1H4. The highest BCUT2D eigenvalue weighted by atomic mass is 32.2. The van der Waals surface area contributed by atoms with Crippen LogP contribution >= 0.6 is 7.60 Å². The number of azo groups is 1. The average Bonchev–Trinajstić information content (AvgIpc) is 3.74. The van der Waals surface area contributed by atoms with Gasteiger partial charge in [0.2, 0.25) is 0 Å². The van der Waals surface area contributed by atoms with Crippen LogP contribution in [-0.2, 0) is 53.0 Å². The molecule has 0 fully saturated rings. The number of ketones is 2. The molecule has 23 heteroatoms. The minimum Gasteiger partial charge on any atom is -0.480 e. The molecule has 0 amide bonds. The van der Waals surface area contributed by atoms with E-state index in [1.54, 1.807) is 11.6 Å². The summed E-state index contributed by atoms with van der Waals surface area (Å²) in [5.41, 5.74) is -0.463. The maximum Gasteiger partial charge on any atom is 0.330 e. The van der Waals surface area contributed by atoms with Gasteiger partial charge in [0.25, 0.3) is 10.1 Å². The van der Waals surface area contributed by atoms with Gasteiger partial charge in [-0.15, -0.1) is 20.4 Å². The van der Waals surface area contributed by atoms with Crippen molar-refractivity contribution in [3.63, 3.8) is 0 Å². The number of hydrogen-bond acceptors (Lipinski definition) is 15. The predicted octanol–water partition coefficient (Wildman–Crippen LogP) is 6.61. The first-order valence-corrected chi connectivity index (χ1v) is 20.8. The molecule has 1 aliphatic heterocycles. The highest BCUT2D eigenvalue weighted by Crippen LogP contribution is 2.49. The molecular formula is C36H76N11O10PS. The molecule has 21 nitrogen and oxygen atoms in total. The lowest BCUT2D eigenvalue weighted by Gasteiger charge is -2.18. The summed E-state index contributed by atoms with van der Waals surface area (Å²) < 4.78 is 39.6.